The van der Waals surface area contributed by atoms with Crippen molar-refractivity contribution in [1.29, 1.82) is 0 Å². The molecule has 3 rings (SSSR count). The number of benzene rings is 2. The largest absolute Gasteiger partial charge is 0.378 e. The Kier molecular flexibility index (Phi) is 6.04. The van der Waals surface area contributed by atoms with Gasteiger partial charge in [0.05, 0.1) is 6.10 Å². The smallest absolute Gasteiger partial charge is 0.253 e. The van der Waals surface area contributed by atoms with E-state index in [2.05, 4.69) is 0 Å². The molecule has 3 nitrogen and oxygen atoms in total. The molecule has 0 unspecified atom stereocenters. The highest BCUT2D eigenvalue weighted by Crippen LogP contribution is 2.23. The van der Waals surface area contributed by atoms with Crippen LogP contribution >= 0.6 is 0 Å². The zero-order valence-electron chi connectivity index (χ0n) is 15.5. The molecule has 4 heteroatoms. The topological polar surface area (TPSA) is 29.5 Å². The molecule has 0 bridgehead atoms. The number of hydrogen-bond acceptors (Lipinski definition) is 2. The maximum absolute atomic E-state index is 13.7. The number of nitrogens with zero attached hydrogens (tertiary/aromatic N) is 1. The number of ether oxygens (including phenoxy) is 1. The van der Waals surface area contributed by atoms with Crippen LogP contribution in [0.3, 0.4) is 0 Å². The number of carbonyl (C=O) groups excluding carboxylic acids is 1. The Balaban J connectivity index is 1.61. The Labute approximate surface area is 154 Å². The maximum Gasteiger partial charge on any atom is 0.253 e. The first-order chi connectivity index (χ1) is 12.5. The molecule has 1 saturated heterocycles. The second-order valence-electron chi connectivity index (χ2n) is 7.05. The summed E-state index contributed by atoms with van der Waals surface area (Å²) in [7, 11) is 1.83. The Morgan fingerprint density at radius 1 is 1.15 bits per heavy atom. The zero-order valence-corrected chi connectivity index (χ0v) is 15.5. The van der Waals surface area contributed by atoms with Crippen molar-refractivity contribution in [2.45, 2.75) is 38.7 Å². The van der Waals surface area contributed by atoms with E-state index in [4.69, 9.17) is 4.74 Å². The summed E-state index contributed by atoms with van der Waals surface area (Å²) in [5.74, 6) is -0.213. The average molecular weight is 355 g/mol. The first-order valence-corrected chi connectivity index (χ1v) is 9.28. The minimum absolute atomic E-state index is 0.00226. The van der Waals surface area contributed by atoms with Crippen LogP contribution in [-0.2, 0) is 4.74 Å². The number of amides is 1. The van der Waals surface area contributed by atoms with Gasteiger partial charge in [0.2, 0.25) is 0 Å². The molecule has 1 aliphatic rings. The van der Waals surface area contributed by atoms with Gasteiger partial charge in [0.25, 0.3) is 5.91 Å². The normalized spacial score (nSPS) is 17.1. The van der Waals surface area contributed by atoms with E-state index in [1.54, 1.807) is 17.9 Å². The van der Waals surface area contributed by atoms with Gasteiger partial charge >= 0.3 is 0 Å². The third-order valence-corrected chi connectivity index (χ3v) is 5.04. The van der Waals surface area contributed by atoms with Gasteiger partial charge < -0.3 is 9.64 Å². The van der Waals surface area contributed by atoms with Crippen LogP contribution in [0, 0.1) is 12.7 Å². The lowest BCUT2D eigenvalue weighted by atomic mass is 10.0. The third-order valence-electron chi connectivity index (χ3n) is 5.04. The Morgan fingerprint density at radius 2 is 1.88 bits per heavy atom. The molecule has 0 saturated carbocycles. The second-order valence-corrected chi connectivity index (χ2v) is 7.05. The van der Waals surface area contributed by atoms with E-state index in [1.165, 1.54) is 12.5 Å². The quantitative estimate of drug-likeness (QED) is 0.769. The van der Waals surface area contributed by atoms with Gasteiger partial charge in [-0.3, -0.25) is 4.79 Å². The summed E-state index contributed by atoms with van der Waals surface area (Å²) in [6.07, 6.45) is 4.59. The van der Waals surface area contributed by atoms with Crippen molar-refractivity contribution in [1.82, 2.24) is 4.90 Å². The zero-order chi connectivity index (χ0) is 18.5. The highest BCUT2D eigenvalue weighted by atomic mass is 19.1. The molecule has 1 atom stereocenters. The van der Waals surface area contributed by atoms with Crippen LogP contribution < -0.4 is 0 Å². The van der Waals surface area contributed by atoms with E-state index < -0.39 is 0 Å². The van der Waals surface area contributed by atoms with E-state index in [0.29, 0.717) is 17.7 Å². The number of halogens is 1. The lowest BCUT2D eigenvalue weighted by Gasteiger charge is -2.25. The summed E-state index contributed by atoms with van der Waals surface area (Å²) >= 11 is 0. The Hall–Kier alpha value is -2.20. The van der Waals surface area contributed by atoms with E-state index in [0.717, 1.165) is 37.0 Å². The van der Waals surface area contributed by atoms with E-state index in [-0.39, 0.29) is 17.8 Å². The van der Waals surface area contributed by atoms with Crippen molar-refractivity contribution < 1.29 is 13.9 Å². The SMILES string of the molecule is Cc1ccc(-c2ccc(C(=O)N(C)CC[C@H]3CCCCO3)cc2)cc1F. The van der Waals surface area contributed by atoms with Crippen molar-refractivity contribution in [3.63, 3.8) is 0 Å². The molecule has 0 aliphatic carbocycles. The number of carbonyl (C=O) groups is 1. The lowest BCUT2D eigenvalue weighted by Crippen LogP contribution is -2.31. The van der Waals surface area contributed by atoms with Gasteiger partial charge in [0, 0.05) is 25.8 Å². The number of rotatable bonds is 5. The maximum atomic E-state index is 13.7. The second kappa shape index (κ2) is 8.45. The van der Waals surface area contributed by atoms with Crippen LogP contribution in [0.25, 0.3) is 11.1 Å². The molecule has 0 spiro atoms. The molecule has 0 N–H and O–H groups in total. The highest BCUT2D eigenvalue weighted by molar-refractivity contribution is 5.94. The Bertz CT molecular complexity index is 751. The number of aryl methyl sites for hydroxylation is 1. The fourth-order valence-corrected chi connectivity index (χ4v) is 3.27. The van der Waals surface area contributed by atoms with Gasteiger partial charge in [-0.25, -0.2) is 4.39 Å². The summed E-state index contributed by atoms with van der Waals surface area (Å²) in [5.41, 5.74) is 2.99. The van der Waals surface area contributed by atoms with Crippen LogP contribution in [0.1, 0.15) is 41.6 Å². The monoisotopic (exact) mass is 355 g/mol. The minimum atomic E-state index is -0.215. The third kappa shape index (κ3) is 4.50. The fourth-order valence-electron chi connectivity index (χ4n) is 3.27. The molecular weight excluding hydrogens is 329 g/mol. The highest BCUT2D eigenvalue weighted by Gasteiger charge is 2.17. The molecule has 2 aromatic rings. The fraction of sp³-hybridized carbons (Fsp3) is 0.409. The van der Waals surface area contributed by atoms with Crippen molar-refractivity contribution in [2.75, 3.05) is 20.2 Å². The molecule has 2 aromatic carbocycles. The van der Waals surface area contributed by atoms with Crippen LogP contribution in [0.15, 0.2) is 42.5 Å². The van der Waals surface area contributed by atoms with Crippen molar-refractivity contribution in [3.05, 3.63) is 59.4 Å². The summed E-state index contributed by atoms with van der Waals surface area (Å²) in [4.78, 5) is 14.3. The van der Waals surface area contributed by atoms with Crippen molar-refractivity contribution >= 4 is 5.91 Å². The summed E-state index contributed by atoms with van der Waals surface area (Å²) in [6.45, 7) is 3.27. The Morgan fingerprint density at radius 3 is 2.54 bits per heavy atom. The standard InChI is InChI=1S/C22H26FNO2/c1-16-6-7-19(15-21(16)23)17-8-10-18(11-9-17)22(25)24(2)13-12-20-5-3-4-14-26-20/h6-11,15,20H,3-5,12-14H2,1-2H3/t20-/m1/s1. The van der Waals surface area contributed by atoms with Gasteiger partial charge in [-0.2, -0.15) is 0 Å². The molecule has 0 radical (unpaired) electrons. The molecule has 1 fully saturated rings. The van der Waals surface area contributed by atoms with E-state index in [1.807, 2.05) is 37.4 Å². The van der Waals surface area contributed by atoms with Gasteiger partial charge in [0.1, 0.15) is 5.82 Å². The summed E-state index contributed by atoms with van der Waals surface area (Å²) in [5, 5.41) is 0. The van der Waals surface area contributed by atoms with Crippen LogP contribution in [0.4, 0.5) is 4.39 Å². The first kappa shape index (κ1) is 18.6. The molecule has 0 aromatic heterocycles. The molecule has 1 amide bonds. The van der Waals surface area contributed by atoms with Crippen molar-refractivity contribution in [2.24, 2.45) is 0 Å². The molecule has 26 heavy (non-hydrogen) atoms. The van der Waals surface area contributed by atoms with Crippen LogP contribution in [-0.4, -0.2) is 37.1 Å². The molecular formula is C22H26FNO2. The van der Waals surface area contributed by atoms with E-state index >= 15 is 0 Å². The summed E-state index contributed by atoms with van der Waals surface area (Å²) in [6, 6.07) is 12.6. The van der Waals surface area contributed by atoms with Gasteiger partial charge in [0.15, 0.2) is 0 Å². The number of hydrogen-bond donors (Lipinski definition) is 0. The molecule has 1 aliphatic heterocycles. The molecule has 138 valence electrons. The molecule has 1 heterocycles. The van der Waals surface area contributed by atoms with Gasteiger partial charge in [-0.05, 0) is 67.5 Å². The van der Waals surface area contributed by atoms with Crippen molar-refractivity contribution in [3.8, 4) is 11.1 Å². The minimum Gasteiger partial charge on any atom is -0.378 e. The predicted molar refractivity (Wildman–Crippen MR) is 102 cm³/mol. The predicted octanol–water partition coefficient (Wildman–Crippen LogP) is 4.83. The van der Waals surface area contributed by atoms with Gasteiger partial charge in [-0.15, -0.1) is 0 Å². The average Bonchev–Trinajstić information content (AvgIpc) is 2.68. The van der Waals surface area contributed by atoms with Gasteiger partial charge in [-0.1, -0.05) is 24.3 Å². The summed E-state index contributed by atoms with van der Waals surface area (Å²) < 4.78 is 19.5. The lowest BCUT2D eigenvalue weighted by molar-refractivity contribution is 0.00709. The van der Waals surface area contributed by atoms with E-state index in [9.17, 15) is 9.18 Å². The van der Waals surface area contributed by atoms with Crippen LogP contribution in [0.5, 0.6) is 0 Å². The van der Waals surface area contributed by atoms with Crippen LogP contribution in [0.2, 0.25) is 0 Å². The first-order valence-electron chi connectivity index (χ1n) is 9.28.